The van der Waals surface area contributed by atoms with E-state index in [1.807, 2.05) is 13.8 Å². The molecule has 0 N–H and O–H groups in total. The van der Waals surface area contributed by atoms with E-state index in [1.165, 1.54) is 20.4 Å². The fourth-order valence-electron chi connectivity index (χ4n) is 1.11. The van der Waals surface area contributed by atoms with Crippen LogP contribution in [0, 0.1) is 0 Å². The Kier molecular flexibility index (Phi) is 26.2. The number of hydrogen-bond acceptors (Lipinski definition) is 9. The molecule has 0 spiro atoms. The normalized spacial score (nSPS) is 8.79. The Morgan fingerprint density at radius 3 is 1.96 bits per heavy atom. The zero-order chi connectivity index (χ0) is 16.6. The van der Waals surface area contributed by atoms with Crippen molar-refractivity contribution in [3.8, 4) is 5.88 Å². The van der Waals surface area contributed by atoms with Crippen molar-refractivity contribution in [1.82, 2.24) is 9.97 Å². The molecule has 0 fully saturated rings. The van der Waals surface area contributed by atoms with E-state index < -0.39 is 13.8 Å². The van der Waals surface area contributed by atoms with E-state index in [2.05, 4.69) is 14.7 Å². The number of rotatable bonds is 3. The van der Waals surface area contributed by atoms with Gasteiger partial charge in [0.25, 0.3) is 0 Å². The van der Waals surface area contributed by atoms with Crippen LogP contribution < -0.4 is 174 Å². The predicted molar refractivity (Wildman–Crippen MR) is 66.9 cm³/mol. The summed E-state index contributed by atoms with van der Waals surface area (Å²) in [6.07, 6.45) is 3.14. The number of hydrogen-bond donors (Lipinski definition) is 0. The Bertz CT molecular complexity index is 568. The summed E-state index contributed by atoms with van der Waals surface area (Å²) >= 11 is 0. The maximum absolute atomic E-state index is 11.4. The predicted octanol–water partition coefficient (Wildman–Crippen LogP) is -10.1. The van der Waals surface area contributed by atoms with Crippen LogP contribution in [0.5, 0.6) is 5.88 Å². The van der Waals surface area contributed by atoms with Gasteiger partial charge in [-0.1, -0.05) is 5.57 Å². The van der Waals surface area contributed by atoms with Crippen LogP contribution in [0.1, 0.15) is 30.0 Å². The summed E-state index contributed by atoms with van der Waals surface area (Å²) in [5, 5.41) is 0. The Balaban J connectivity index is -0.000000221. The molecule has 0 saturated heterocycles. The van der Waals surface area contributed by atoms with Crippen molar-refractivity contribution in [2.45, 2.75) is 13.8 Å². The van der Waals surface area contributed by atoms with E-state index in [0.717, 1.165) is 5.57 Å². The second kappa shape index (κ2) is 18.2. The minimum Gasteiger partial charge on any atom is -0.822 e. The molecule has 118 valence electrons. The van der Waals surface area contributed by atoms with Crippen LogP contribution >= 0.6 is 7.82 Å². The van der Waals surface area contributed by atoms with Crippen molar-refractivity contribution in [3.63, 3.8) is 0 Å². The summed E-state index contributed by atoms with van der Waals surface area (Å²) in [6.45, 7) is 3.81. The van der Waals surface area contributed by atoms with E-state index in [-0.39, 0.29) is 160 Å². The zero-order valence-electron chi connectivity index (χ0n) is 14.9. The Hall–Kier alpha value is 3.11. The molecule has 0 aliphatic rings. The van der Waals surface area contributed by atoms with Crippen LogP contribution in [-0.4, -0.2) is 30.2 Å². The van der Waals surface area contributed by atoms with Gasteiger partial charge in [-0.05, 0) is 19.9 Å². The van der Waals surface area contributed by atoms with Crippen molar-refractivity contribution >= 4 is 19.9 Å². The number of methoxy groups -OCH3 is 2. The van der Waals surface area contributed by atoms with Crippen molar-refractivity contribution in [2.75, 3.05) is 14.2 Å². The Labute approximate surface area is 268 Å². The molecular formula is C11H14K3N2O7P. The maximum atomic E-state index is 11.4. The van der Waals surface area contributed by atoms with Gasteiger partial charge in [0.1, 0.15) is 5.69 Å². The molecule has 0 bridgehead atoms. The standard InChI is InChI=1S/C11H14N2O3.3K.H3O4P/c1-7(2)5-8-10(11(14)16-4)12-6-9(13-8)15-3;;;;1-5(2,3)4/h5-6H,1-4H3;;;;(H3,1,2,3,4)/q;3*+1;/p-3. The average Bonchev–Trinajstić information content (AvgIpc) is 2.35. The Morgan fingerprint density at radius 1 is 1.17 bits per heavy atom. The van der Waals surface area contributed by atoms with Gasteiger partial charge in [-0.15, -0.1) is 0 Å². The number of phosphoric acid groups is 1. The second-order valence-electron chi connectivity index (χ2n) is 3.81. The quantitative estimate of drug-likeness (QED) is 0.257. The minimum absolute atomic E-state index is 0. The van der Waals surface area contributed by atoms with Gasteiger partial charge in [0.2, 0.25) is 5.88 Å². The molecule has 0 atom stereocenters. The zero-order valence-corrected chi connectivity index (χ0v) is 25.1. The van der Waals surface area contributed by atoms with Gasteiger partial charge in [-0.3, -0.25) is 0 Å². The van der Waals surface area contributed by atoms with Gasteiger partial charge >= 0.3 is 160 Å². The van der Waals surface area contributed by atoms with E-state index in [9.17, 15) is 4.79 Å². The topological polar surface area (TPSA) is 148 Å². The number of ether oxygens (including phenoxy) is 2. The van der Waals surface area contributed by atoms with Crippen molar-refractivity contribution in [3.05, 3.63) is 23.2 Å². The van der Waals surface area contributed by atoms with E-state index in [1.54, 1.807) is 6.08 Å². The number of esters is 1. The largest absolute Gasteiger partial charge is 1.00 e. The molecule has 0 aromatic carbocycles. The molecule has 0 saturated carbocycles. The smallest absolute Gasteiger partial charge is 0.822 e. The van der Waals surface area contributed by atoms with Gasteiger partial charge in [0.05, 0.1) is 20.4 Å². The molecule has 1 heterocycles. The van der Waals surface area contributed by atoms with Crippen LogP contribution in [0.15, 0.2) is 11.8 Å². The van der Waals surface area contributed by atoms with Gasteiger partial charge in [0, 0.05) is 0 Å². The van der Waals surface area contributed by atoms with Gasteiger partial charge < -0.3 is 28.7 Å². The molecule has 1 aromatic rings. The minimum atomic E-state index is -5.39. The molecule has 13 heteroatoms. The van der Waals surface area contributed by atoms with Gasteiger partial charge in [0.15, 0.2) is 5.69 Å². The van der Waals surface area contributed by atoms with Crippen LogP contribution in [0.4, 0.5) is 0 Å². The first-order valence-corrected chi connectivity index (χ1v) is 6.91. The molecule has 1 rings (SSSR count). The van der Waals surface area contributed by atoms with Crippen molar-refractivity contribution < 1.29 is 188 Å². The molecule has 0 radical (unpaired) electrons. The summed E-state index contributed by atoms with van der Waals surface area (Å²) in [7, 11) is -2.59. The summed E-state index contributed by atoms with van der Waals surface area (Å²) in [5.41, 5.74) is 1.64. The molecule has 0 aliphatic heterocycles. The monoisotopic (exact) mass is 434 g/mol. The third-order valence-corrected chi connectivity index (χ3v) is 1.79. The molecule has 0 aliphatic carbocycles. The fraction of sp³-hybridized carbons (Fsp3) is 0.364. The molecule has 24 heavy (non-hydrogen) atoms. The molecule has 1 aromatic heterocycles. The molecular weight excluding hydrogens is 420 g/mol. The summed E-state index contributed by atoms with van der Waals surface area (Å²) < 4.78 is 18.1. The summed E-state index contributed by atoms with van der Waals surface area (Å²) in [5.74, 6) is -0.150. The number of allylic oxidation sites excluding steroid dienone is 1. The number of carbonyl (C=O) groups excluding carboxylic acids is 1. The van der Waals surface area contributed by atoms with Crippen LogP contribution in [-0.2, 0) is 9.30 Å². The third kappa shape index (κ3) is 18.5. The van der Waals surface area contributed by atoms with Crippen LogP contribution in [0.25, 0.3) is 6.08 Å². The molecule has 0 unspecified atom stereocenters. The fourth-order valence-corrected chi connectivity index (χ4v) is 1.11. The first kappa shape index (κ1) is 34.6. The van der Waals surface area contributed by atoms with E-state index in [4.69, 9.17) is 24.0 Å². The SMILES string of the molecule is COC(=O)c1ncc(OC)nc1C=C(C)C.O=P([O-])([O-])[O-].[K+].[K+].[K+]. The molecule has 0 amide bonds. The van der Waals surface area contributed by atoms with Crippen LogP contribution in [0.2, 0.25) is 0 Å². The second-order valence-corrected chi connectivity index (χ2v) is 4.70. The third-order valence-electron chi connectivity index (χ3n) is 1.79. The first-order chi connectivity index (χ1) is 9.58. The summed E-state index contributed by atoms with van der Waals surface area (Å²) in [4.78, 5) is 45.2. The Morgan fingerprint density at radius 2 is 1.62 bits per heavy atom. The number of aromatic nitrogens is 2. The summed E-state index contributed by atoms with van der Waals surface area (Å²) in [6, 6.07) is 0. The number of carbonyl (C=O) groups is 1. The van der Waals surface area contributed by atoms with Crippen molar-refractivity contribution in [1.29, 1.82) is 0 Å². The van der Waals surface area contributed by atoms with Crippen LogP contribution in [0.3, 0.4) is 0 Å². The average molecular weight is 435 g/mol. The van der Waals surface area contributed by atoms with E-state index in [0.29, 0.717) is 11.6 Å². The van der Waals surface area contributed by atoms with Crippen molar-refractivity contribution in [2.24, 2.45) is 0 Å². The van der Waals surface area contributed by atoms with E-state index >= 15 is 0 Å². The number of nitrogens with zero attached hydrogens (tertiary/aromatic N) is 2. The van der Waals surface area contributed by atoms with Gasteiger partial charge in [-0.25, -0.2) is 14.8 Å². The first-order valence-electron chi connectivity index (χ1n) is 5.45. The molecule has 9 nitrogen and oxygen atoms in total. The maximum Gasteiger partial charge on any atom is 1.00 e. The van der Waals surface area contributed by atoms with Gasteiger partial charge in [-0.2, -0.15) is 7.82 Å².